The van der Waals surface area contributed by atoms with Crippen molar-refractivity contribution in [2.45, 2.75) is 19.9 Å². The molecule has 1 heterocycles. The molecule has 2 aromatic rings. The van der Waals surface area contributed by atoms with Gasteiger partial charge in [0.2, 0.25) is 0 Å². The van der Waals surface area contributed by atoms with Gasteiger partial charge in [-0.25, -0.2) is 4.68 Å². The summed E-state index contributed by atoms with van der Waals surface area (Å²) in [6.45, 7) is 2.89. The van der Waals surface area contributed by atoms with Gasteiger partial charge in [-0.3, -0.25) is 9.59 Å². The summed E-state index contributed by atoms with van der Waals surface area (Å²) in [5.41, 5.74) is 0.940. The molecule has 0 radical (unpaired) electrons. The summed E-state index contributed by atoms with van der Waals surface area (Å²) in [6, 6.07) is 10.6. The largest absolute Gasteiger partial charge is 0.484 e. The van der Waals surface area contributed by atoms with Gasteiger partial charge >= 0.3 is 0 Å². The highest BCUT2D eigenvalue weighted by Crippen LogP contribution is 2.11. The fraction of sp³-hybridized carbons (Fsp3) is 0.312. The number of hydrogen-bond donors (Lipinski definition) is 1. The standard InChI is InChI=1S/C16H19N3O3/c1-13-5-2-6-14(11-13)22-12-15(20)17-8-4-10-19-16(21)7-3-9-18-19/h2-3,5-7,9,11H,4,8,10,12H2,1H3,(H,17,20). The van der Waals surface area contributed by atoms with Gasteiger partial charge in [0, 0.05) is 25.4 Å². The van der Waals surface area contributed by atoms with Crippen LogP contribution in [0.15, 0.2) is 47.4 Å². The molecule has 116 valence electrons. The van der Waals surface area contributed by atoms with Gasteiger partial charge in [0.05, 0.1) is 0 Å². The molecule has 1 N–H and O–H groups in total. The monoisotopic (exact) mass is 301 g/mol. The minimum Gasteiger partial charge on any atom is -0.484 e. The Morgan fingerprint density at radius 1 is 1.32 bits per heavy atom. The van der Waals surface area contributed by atoms with Crippen molar-refractivity contribution in [3.8, 4) is 5.75 Å². The molecule has 2 rings (SSSR count). The van der Waals surface area contributed by atoms with Crippen molar-refractivity contribution < 1.29 is 9.53 Å². The zero-order valence-electron chi connectivity index (χ0n) is 12.5. The Hall–Kier alpha value is -2.63. The average Bonchev–Trinajstić information content (AvgIpc) is 2.51. The molecule has 0 spiro atoms. The first-order valence-electron chi connectivity index (χ1n) is 7.13. The molecule has 0 saturated heterocycles. The quantitative estimate of drug-likeness (QED) is 0.778. The number of ether oxygens (including phenoxy) is 1. The smallest absolute Gasteiger partial charge is 0.266 e. The van der Waals surface area contributed by atoms with Crippen molar-refractivity contribution in [2.75, 3.05) is 13.2 Å². The fourth-order valence-corrected chi connectivity index (χ4v) is 1.92. The van der Waals surface area contributed by atoms with Crippen molar-refractivity contribution >= 4 is 5.91 Å². The van der Waals surface area contributed by atoms with Crippen molar-refractivity contribution in [2.24, 2.45) is 0 Å². The summed E-state index contributed by atoms with van der Waals surface area (Å²) in [7, 11) is 0. The van der Waals surface area contributed by atoms with E-state index in [-0.39, 0.29) is 18.1 Å². The second-order valence-electron chi connectivity index (χ2n) is 4.89. The van der Waals surface area contributed by atoms with E-state index in [1.165, 1.54) is 10.7 Å². The van der Waals surface area contributed by atoms with Crippen LogP contribution >= 0.6 is 0 Å². The van der Waals surface area contributed by atoms with Crippen LogP contribution in [0.5, 0.6) is 5.75 Å². The predicted molar refractivity (Wildman–Crippen MR) is 82.8 cm³/mol. The van der Waals surface area contributed by atoms with Crippen LogP contribution in [0.4, 0.5) is 0 Å². The van der Waals surface area contributed by atoms with E-state index >= 15 is 0 Å². The Morgan fingerprint density at radius 3 is 2.95 bits per heavy atom. The minimum absolute atomic E-state index is 0.0208. The van der Waals surface area contributed by atoms with Crippen LogP contribution < -0.4 is 15.6 Å². The maximum Gasteiger partial charge on any atom is 0.266 e. The molecule has 0 atom stereocenters. The van der Waals surface area contributed by atoms with Gasteiger partial charge in [0.15, 0.2) is 6.61 Å². The number of carbonyl (C=O) groups excluding carboxylic acids is 1. The maximum absolute atomic E-state index is 11.7. The lowest BCUT2D eigenvalue weighted by atomic mass is 10.2. The second-order valence-corrected chi connectivity index (χ2v) is 4.89. The lowest BCUT2D eigenvalue weighted by Gasteiger charge is -2.08. The third kappa shape index (κ3) is 5.05. The van der Waals surface area contributed by atoms with E-state index in [1.807, 2.05) is 31.2 Å². The van der Waals surface area contributed by atoms with Crippen LogP contribution in [0, 0.1) is 6.92 Å². The summed E-state index contributed by atoms with van der Waals surface area (Å²) < 4.78 is 6.77. The predicted octanol–water partition coefficient (Wildman–Crippen LogP) is 1.14. The van der Waals surface area contributed by atoms with Crippen LogP contribution in [0.2, 0.25) is 0 Å². The summed E-state index contributed by atoms with van der Waals surface area (Å²) in [4.78, 5) is 23.1. The van der Waals surface area contributed by atoms with E-state index < -0.39 is 0 Å². The Morgan fingerprint density at radius 2 is 2.18 bits per heavy atom. The van der Waals surface area contributed by atoms with E-state index in [9.17, 15) is 9.59 Å². The number of amides is 1. The molecule has 0 saturated carbocycles. The zero-order valence-corrected chi connectivity index (χ0v) is 12.5. The van der Waals surface area contributed by atoms with Crippen LogP contribution in [0.1, 0.15) is 12.0 Å². The molecule has 0 unspecified atom stereocenters. The number of nitrogens with one attached hydrogen (secondary N) is 1. The van der Waals surface area contributed by atoms with Crippen LogP contribution in [0.25, 0.3) is 0 Å². The first-order valence-corrected chi connectivity index (χ1v) is 7.13. The maximum atomic E-state index is 11.7. The topological polar surface area (TPSA) is 73.2 Å². The van der Waals surface area contributed by atoms with E-state index in [0.717, 1.165) is 5.56 Å². The fourth-order valence-electron chi connectivity index (χ4n) is 1.92. The highest BCUT2D eigenvalue weighted by Gasteiger charge is 2.03. The molecule has 1 aromatic carbocycles. The molecule has 0 bridgehead atoms. The Bertz CT molecular complexity index is 682. The molecule has 6 nitrogen and oxygen atoms in total. The van der Waals surface area contributed by atoms with Crippen LogP contribution in [-0.4, -0.2) is 28.8 Å². The number of hydrogen-bond acceptors (Lipinski definition) is 4. The second kappa shape index (κ2) is 7.97. The first-order chi connectivity index (χ1) is 10.6. The Labute approximate surface area is 128 Å². The summed E-state index contributed by atoms with van der Waals surface area (Å²) >= 11 is 0. The van der Waals surface area contributed by atoms with E-state index in [2.05, 4.69) is 10.4 Å². The van der Waals surface area contributed by atoms with Crippen molar-refractivity contribution in [1.82, 2.24) is 15.1 Å². The Balaban J connectivity index is 1.66. The number of benzene rings is 1. The molecular weight excluding hydrogens is 282 g/mol. The van der Waals surface area contributed by atoms with Crippen molar-refractivity contribution in [3.63, 3.8) is 0 Å². The first kappa shape index (κ1) is 15.8. The Kier molecular flexibility index (Phi) is 5.71. The van der Waals surface area contributed by atoms with Crippen LogP contribution in [-0.2, 0) is 11.3 Å². The minimum atomic E-state index is -0.185. The van der Waals surface area contributed by atoms with Crippen molar-refractivity contribution in [1.29, 1.82) is 0 Å². The summed E-state index contributed by atoms with van der Waals surface area (Å²) in [6.07, 6.45) is 2.20. The van der Waals surface area contributed by atoms with Gasteiger partial charge in [-0.2, -0.15) is 5.10 Å². The van der Waals surface area contributed by atoms with Gasteiger partial charge in [-0.1, -0.05) is 12.1 Å². The van der Waals surface area contributed by atoms with Crippen molar-refractivity contribution in [3.05, 3.63) is 58.5 Å². The molecule has 1 amide bonds. The summed E-state index contributed by atoms with van der Waals surface area (Å²) in [5, 5.41) is 6.70. The average molecular weight is 301 g/mol. The number of aromatic nitrogens is 2. The van der Waals surface area contributed by atoms with E-state index in [4.69, 9.17) is 4.74 Å². The highest BCUT2D eigenvalue weighted by molar-refractivity contribution is 5.77. The lowest BCUT2D eigenvalue weighted by Crippen LogP contribution is -2.31. The number of aryl methyl sites for hydroxylation is 2. The molecule has 6 heteroatoms. The third-order valence-electron chi connectivity index (χ3n) is 3.01. The summed E-state index contributed by atoms with van der Waals surface area (Å²) in [5.74, 6) is 0.491. The zero-order chi connectivity index (χ0) is 15.8. The normalized spacial score (nSPS) is 10.2. The molecule has 0 fully saturated rings. The van der Waals surface area contributed by atoms with Gasteiger partial charge in [-0.05, 0) is 37.1 Å². The number of rotatable bonds is 7. The lowest BCUT2D eigenvalue weighted by molar-refractivity contribution is -0.123. The SMILES string of the molecule is Cc1cccc(OCC(=O)NCCCn2ncccc2=O)c1. The molecule has 0 aliphatic heterocycles. The molecular formula is C16H19N3O3. The number of carbonyl (C=O) groups is 1. The van der Waals surface area contributed by atoms with Crippen LogP contribution in [0.3, 0.4) is 0 Å². The van der Waals surface area contributed by atoms with Gasteiger partial charge in [-0.15, -0.1) is 0 Å². The molecule has 0 aliphatic rings. The highest BCUT2D eigenvalue weighted by atomic mass is 16.5. The number of nitrogens with zero attached hydrogens (tertiary/aromatic N) is 2. The molecule has 0 aliphatic carbocycles. The molecule has 1 aromatic heterocycles. The molecule has 22 heavy (non-hydrogen) atoms. The van der Waals surface area contributed by atoms with Gasteiger partial charge < -0.3 is 10.1 Å². The van der Waals surface area contributed by atoms with E-state index in [0.29, 0.717) is 25.3 Å². The third-order valence-corrected chi connectivity index (χ3v) is 3.01. The van der Waals surface area contributed by atoms with Gasteiger partial charge in [0.1, 0.15) is 5.75 Å². The van der Waals surface area contributed by atoms with Gasteiger partial charge in [0.25, 0.3) is 11.5 Å². The van der Waals surface area contributed by atoms with E-state index in [1.54, 1.807) is 12.3 Å².